The molecule has 13 nitrogen and oxygen atoms in total. The van der Waals surface area contributed by atoms with Gasteiger partial charge in [0.15, 0.2) is 28.7 Å². The first-order valence-corrected chi connectivity index (χ1v) is 12.8. The average molecular weight is 549 g/mol. The SMILES string of the molecule is CCOC(=O)c1nc(-c2ccc(NC(=O)Nc3ccc4[nH]c(=O)oc4c3)cc2)nc(N2CCOCC2)c1OCC. The molecule has 1 aliphatic rings. The van der Waals surface area contributed by atoms with E-state index in [-0.39, 0.29) is 18.1 Å². The number of nitrogens with zero attached hydrogens (tertiary/aromatic N) is 3. The molecule has 1 saturated heterocycles. The fourth-order valence-corrected chi connectivity index (χ4v) is 4.19. The molecule has 2 amide bonds. The Kier molecular flexibility index (Phi) is 7.92. The smallest absolute Gasteiger partial charge is 0.417 e. The number of benzene rings is 2. The zero-order chi connectivity index (χ0) is 28.1. The van der Waals surface area contributed by atoms with E-state index in [0.29, 0.717) is 72.6 Å². The third-order valence-electron chi connectivity index (χ3n) is 6.00. The Morgan fingerprint density at radius 2 is 1.73 bits per heavy atom. The summed E-state index contributed by atoms with van der Waals surface area (Å²) in [4.78, 5) is 50.5. The number of carbonyl (C=O) groups excluding carboxylic acids is 2. The highest BCUT2D eigenvalue weighted by atomic mass is 16.5. The van der Waals surface area contributed by atoms with Crippen LogP contribution in [0.25, 0.3) is 22.5 Å². The van der Waals surface area contributed by atoms with Crippen LogP contribution < -0.4 is 26.0 Å². The largest absolute Gasteiger partial charge is 0.488 e. The molecular weight excluding hydrogens is 520 g/mol. The molecule has 0 aliphatic carbocycles. The Morgan fingerprint density at radius 1 is 1.00 bits per heavy atom. The summed E-state index contributed by atoms with van der Waals surface area (Å²) in [6.45, 7) is 6.27. The third-order valence-corrected chi connectivity index (χ3v) is 6.00. The molecule has 2 aromatic carbocycles. The van der Waals surface area contributed by atoms with E-state index in [1.54, 1.807) is 49.4 Å². The molecule has 1 fully saturated rings. The van der Waals surface area contributed by atoms with Gasteiger partial charge >= 0.3 is 17.8 Å². The van der Waals surface area contributed by atoms with Gasteiger partial charge in [0.1, 0.15) is 0 Å². The lowest BCUT2D eigenvalue weighted by atomic mass is 10.1. The van der Waals surface area contributed by atoms with Gasteiger partial charge in [-0.2, -0.15) is 0 Å². The van der Waals surface area contributed by atoms with Crippen molar-refractivity contribution in [1.29, 1.82) is 0 Å². The summed E-state index contributed by atoms with van der Waals surface area (Å²) in [5.41, 5.74) is 2.51. The number of hydrogen-bond donors (Lipinski definition) is 3. The van der Waals surface area contributed by atoms with E-state index in [9.17, 15) is 14.4 Å². The molecule has 208 valence electrons. The highest BCUT2D eigenvalue weighted by Crippen LogP contribution is 2.33. The summed E-state index contributed by atoms with van der Waals surface area (Å²) < 4.78 is 21.6. The van der Waals surface area contributed by atoms with Crippen LogP contribution in [-0.4, -0.2) is 66.5 Å². The van der Waals surface area contributed by atoms with E-state index in [0.717, 1.165) is 0 Å². The highest BCUT2D eigenvalue weighted by molar-refractivity contribution is 6.00. The molecule has 3 N–H and O–H groups in total. The van der Waals surface area contributed by atoms with Gasteiger partial charge < -0.3 is 34.2 Å². The molecule has 13 heteroatoms. The van der Waals surface area contributed by atoms with Crippen LogP contribution in [-0.2, 0) is 9.47 Å². The quantitative estimate of drug-likeness (QED) is 0.277. The number of aromatic amines is 1. The van der Waals surface area contributed by atoms with Crippen LogP contribution in [0.2, 0.25) is 0 Å². The molecule has 0 saturated carbocycles. The predicted molar refractivity (Wildman–Crippen MR) is 147 cm³/mol. The number of ether oxygens (including phenoxy) is 3. The van der Waals surface area contributed by atoms with Gasteiger partial charge in [0.25, 0.3) is 0 Å². The Hall–Kier alpha value is -4.91. The van der Waals surface area contributed by atoms with Gasteiger partial charge in [-0.1, -0.05) is 0 Å². The average Bonchev–Trinajstić information content (AvgIpc) is 3.33. The zero-order valence-corrected chi connectivity index (χ0v) is 22.0. The number of anilines is 3. The van der Waals surface area contributed by atoms with Gasteiger partial charge in [-0.05, 0) is 50.2 Å². The first-order chi connectivity index (χ1) is 19.4. The van der Waals surface area contributed by atoms with Gasteiger partial charge in [0.2, 0.25) is 0 Å². The molecule has 5 rings (SSSR count). The minimum absolute atomic E-state index is 0.0481. The number of urea groups is 1. The Morgan fingerprint density at radius 3 is 2.45 bits per heavy atom. The lowest BCUT2D eigenvalue weighted by Crippen LogP contribution is -2.37. The van der Waals surface area contributed by atoms with Gasteiger partial charge in [-0.3, -0.25) is 4.98 Å². The van der Waals surface area contributed by atoms with E-state index in [2.05, 4.69) is 20.6 Å². The molecule has 1 aliphatic heterocycles. The van der Waals surface area contributed by atoms with Crippen molar-refractivity contribution in [1.82, 2.24) is 15.0 Å². The van der Waals surface area contributed by atoms with Gasteiger partial charge in [0.05, 0.1) is 31.9 Å². The van der Waals surface area contributed by atoms with Crippen LogP contribution >= 0.6 is 0 Å². The van der Waals surface area contributed by atoms with E-state index in [1.165, 1.54) is 0 Å². The van der Waals surface area contributed by atoms with E-state index < -0.39 is 17.8 Å². The molecule has 2 aromatic heterocycles. The summed E-state index contributed by atoms with van der Waals surface area (Å²) in [7, 11) is 0. The number of oxazole rings is 1. The summed E-state index contributed by atoms with van der Waals surface area (Å²) in [5.74, 6) is -0.0882. The molecule has 4 aromatic rings. The molecule has 0 spiro atoms. The monoisotopic (exact) mass is 548 g/mol. The predicted octanol–water partition coefficient (Wildman–Crippen LogP) is 3.63. The van der Waals surface area contributed by atoms with Crippen molar-refractivity contribution in [3.63, 3.8) is 0 Å². The van der Waals surface area contributed by atoms with Gasteiger partial charge in [0, 0.05) is 36.1 Å². The number of hydrogen-bond acceptors (Lipinski definition) is 10. The van der Waals surface area contributed by atoms with Gasteiger partial charge in [-0.15, -0.1) is 0 Å². The lowest BCUT2D eigenvalue weighted by molar-refractivity contribution is 0.0514. The van der Waals surface area contributed by atoms with E-state index >= 15 is 0 Å². The zero-order valence-electron chi connectivity index (χ0n) is 22.0. The minimum atomic E-state index is -0.601. The summed E-state index contributed by atoms with van der Waals surface area (Å²) in [6.07, 6.45) is 0. The first-order valence-electron chi connectivity index (χ1n) is 12.8. The van der Waals surface area contributed by atoms with Crippen molar-refractivity contribution in [3.8, 4) is 17.1 Å². The molecular formula is C27H28N6O7. The number of nitrogens with one attached hydrogen (secondary N) is 3. The summed E-state index contributed by atoms with van der Waals surface area (Å²) in [5, 5.41) is 5.45. The second kappa shape index (κ2) is 11.9. The lowest BCUT2D eigenvalue weighted by Gasteiger charge is -2.29. The molecule has 0 radical (unpaired) electrons. The van der Waals surface area contributed by atoms with Gasteiger partial charge in [-0.25, -0.2) is 24.4 Å². The van der Waals surface area contributed by atoms with Crippen LogP contribution in [0.15, 0.2) is 51.7 Å². The molecule has 40 heavy (non-hydrogen) atoms. The van der Waals surface area contributed by atoms with E-state index in [1.807, 2.05) is 11.8 Å². The maximum Gasteiger partial charge on any atom is 0.417 e. The Bertz CT molecular complexity index is 1570. The third kappa shape index (κ3) is 5.89. The number of rotatable bonds is 8. The summed E-state index contributed by atoms with van der Waals surface area (Å²) >= 11 is 0. The normalized spacial score (nSPS) is 13.2. The number of esters is 1. The van der Waals surface area contributed by atoms with Crippen molar-refractivity contribution in [2.75, 3.05) is 55.1 Å². The molecule has 0 unspecified atom stereocenters. The Labute approximate surface area is 228 Å². The second-order valence-corrected chi connectivity index (χ2v) is 8.68. The molecule has 0 atom stereocenters. The summed E-state index contributed by atoms with van der Waals surface area (Å²) in [6, 6.07) is 11.2. The molecule has 3 heterocycles. The van der Waals surface area contributed by atoms with Crippen LogP contribution in [0.3, 0.4) is 0 Å². The number of amides is 2. The van der Waals surface area contributed by atoms with Crippen molar-refractivity contribution in [2.45, 2.75) is 13.8 Å². The second-order valence-electron chi connectivity index (χ2n) is 8.68. The van der Waals surface area contributed by atoms with Crippen molar-refractivity contribution in [3.05, 3.63) is 58.7 Å². The van der Waals surface area contributed by atoms with Crippen LogP contribution in [0.1, 0.15) is 24.3 Å². The fraction of sp³-hybridized carbons (Fsp3) is 0.296. The standard InChI is InChI=1S/C27H28N6O7/c1-3-38-22-21(25(34)39-4-2)31-23(32-24(22)33-11-13-37-14-12-33)16-5-7-17(8-6-16)28-26(35)29-18-9-10-19-20(15-18)40-27(36)30-19/h5-10,15H,3-4,11-14H2,1-2H3,(H,30,36)(H2,28,29,35). The van der Waals surface area contributed by atoms with Crippen molar-refractivity contribution < 1.29 is 28.2 Å². The maximum absolute atomic E-state index is 12.8. The highest BCUT2D eigenvalue weighted by Gasteiger charge is 2.27. The maximum atomic E-state index is 12.8. The van der Waals surface area contributed by atoms with Crippen LogP contribution in [0.4, 0.5) is 22.0 Å². The minimum Gasteiger partial charge on any atom is -0.488 e. The first kappa shape index (κ1) is 26.7. The van der Waals surface area contributed by atoms with Crippen molar-refractivity contribution in [2.24, 2.45) is 0 Å². The number of fused-ring (bicyclic) bond motifs is 1. The van der Waals surface area contributed by atoms with Crippen molar-refractivity contribution >= 4 is 40.3 Å². The van der Waals surface area contributed by atoms with Crippen LogP contribution in [0.5, 0.6) is 5.75 Å². The van der Waals surface area contributed by atoms with E-state index in [4.69, 9.17) is 23.6 Å². The van der Waals surface area contributed by atoms with Crippen LogP contribution in [0, 0.1) is 0 Å². The number of aromatic nitrogens is 3. The number of morpholine rings is 1. The topological polar surface area (TPSA) is 161 Å². The number of carbonyl (C=O) groups is 2. The Balaban J connectivity index is 1.38. The fourth-order valence-electron chi connectivity index (χ4n) is 4.19. The molecule has 0 bridgehead atoms. The number of H-pyrrole nitrogens is 1.